The maximum atomic E-state index is 14.4. The normalized spacial score (nSPS) is 11.0. The Kier molecular flexibility index (Phi) is 5.28. The van der Waals surface area contributed by atoms with E-state index in [1.54, 1.807) is 13.8 Å². The summed E-state index contributed by atoms with van der Waals surface area (Å²) < 4.78 is 22.0. The molecule has 0 saturated carbocycles. The van der Waals surface area contributed by atoms with Crippen LogP contribution in [0.3, 0.4) is 0 Å². The van der Waals surface area contributed by atoms with Crippen LogP contribution in [-0.4, -0.2) is 25.8 Å². The van der Waals surface area contributed by atoms with Gasteiger partial charge in [-0.2, -0.15) is 0 Å². The highest BCUT2D eigenvalue weighted by molar-refractivity contribution is 7.71. The number of nitrogens with zero attached hydrogens (tertiary/aromatic N) is 3. The number of hydrogen-bond donors (Lipinski definition) is 0. The van der Waals surface area contributed by atoms with E-state index in [0.717, 1.165) is 21.3 Å². The molecule has 0 saturated heterocycles. The van der Waals surface area contributed by atoms with Crippen molar-refractivity contribution in [1.29, 1.82) is 0 Å². The molecule has 0 aliphatic carbocycles. The molecule has 2 aromatic rings. The van der Waals surface area contributed by atoms with E-state index in [-0.39, 0.29) is 15.4 Å². The van der Waals surface area contributed by atoms with Gasteiger partial charge in [-0.15, -0.1) is 0 Å². The van der Waals surface area contributed by atoms with Gasteiger partial charge in [0.2, 0.25) is 0 Å². The lowest BCUT2D eigenvalue weighted by Crippen LogP contribution is -2.43. The summed E-state index contributed by atoms with van der Waals surface area (Å²) in [4.78, 5) is 36.9. The molecular weight excluding hydrogens is 373 g/mol. The van der Waals surface area contributed by atoms with E-state index in [9.17, 15) is 18.8 Å². The first-order valence-electron chi connectivity index (χ1n) is 7.15. The van der Waals surface area contributed by atoms with E-state index in [4.69, 9.17) is 28.6 Å². The third-order valence-electron chi connectivity index (χ3n) is 3.37. The number of esters is 1. The molecule has 134 valence electrons. The average molecular weight is 388 g/mol. The highest BCUT2D eigenvalue weighted by atomic mass is 35.5. The van der Waals surface area contributed by atoms with Crippen LogP contribution in [-0.2, 0) is 18.8 Å². The molecule has 10 heteroatoms. The smallest absolute Gasteiger partial charge is 0.339 e. The van der Waals surface area contributed by atoms with Gasteiger partial charge in [0.25, 0.3) is 0 Å². The van der Waals surface area contributed by atoms with E-state index in [0.29, 0.717) is 4.57 Å². The molecule has 0 atom stereocenters. The lowest BCUT2D eigenvalue weighted by Gasteiger charge is -2.14. The van der Waals surface area contributed by atoms with Crippen LogP contribution in [0.4, 0.5) is 4.39 Å². The van der Waals surface area contributed by atoms with Gasteiger partial charge in [-0.05, 0) is 38.2 Å². The summed E-state index contributed by atoms with van der Waals surface area (Å²) in [7, 11) is 2.70. The zero-order chi connectivity index (χ0) is 19.0. The maximum Gasteiger partial charge on any atom is 0.339 e. The summed E-state index contributed by atoms with van der Waals surface area (Å²) in [6.07, 6.45) is -0.426. The van der Waals surface area contributed by atoms with Crippen LogP contribution in [0, 0.1) is 10.6 Å². The molecule has 7 nitrogen and oxygen atoms in total. The SMILES string of the molecule is CC(C)OC(=O)c1cc(-n2c(=O)n(C)c(=S)n(C)c2=O)c(F)cc1Cl. The third kappa shape index (κ3) is 3.42. The van der Waals surface area contributed by atoms with Crippen LogP contribution in [0.15, 0.2) is 21.7 Å². The number of aromatic nitrogens is 3. The Bertz CT molecular complexity index is 999. The van der Waals surface area contributed by atoms with Crippen molar-refractivity contribution in [2.45, 2.75) is 20.0 Å². The van der Waals surface area contributed by atoms with Crippen LogP contribution in [0.5, 0.6) is 0 Å². The number of halogens is 2. The molecule has 2 rings (SSSR count). The maximum absolute atomic E-state index is 14.4. The van der Waals surface area contributed by atoms with E-state index in [2.05, 4.69) is 0 Å². The minimum Gasteiger partial charge on any atom is -0.459 e. The number of benzene rings is 1. The lowest BCUT2D eigenvalue weighted by atomic mass is 10.2. The molecule has 1 aromatic heterocycles. The Morgan fingerprint density at radius 2 is 1.72 bits per heavy atom. The van der Waals surface area contributed by atoms with Crippen LogP contribution in [0.25, 0.3) is 5.69 Å². The van der Waals surface area contributed by atoms with Gasteiger partial charge in [0.05, 0.1) is 22.4 Å². The molecular formula is C15H15ClFN3O4S. The zero-order valence-corrected chi connectivity index (χ0v) is 15.4. The second kappa shape index (κ2) is 6.93. The predicted octanol–water partition coefficient (Wildman–Crippen LogP) is 1.96. The van der Waals surface area contributed by atoms with Crippen molar-refractivity contribution >= 4 is 29.8 Å². The quantitative estimate of drug-likeness (QED) is 0.594. The van der Waals surface area contributed by atoms with E-state index in [1.807, 2.05) is 0 Å². The summed E-state index contributed by atoms with van der Waals surface area (Å²) in [5, 5.41) is -0.193. The Balaban J connectivity index is 2.82. The predicted molar refractivity (Wildman–Crippen MR) is 92.6 cm³/mol. The average Bonchev–Trinajstić information content (AvgIpc) is 2.52. The van der Waals surface area contributed by atoms with E-state index in [1.165, 1.54) is 14.1 Å². The molecule has 25 heavy (non-hydrogen) atoms. The zero-order valence-electron chi connectivity index (χ0n) is 13.9. The molecule has 0 amide bonds. The highest BCUT2D eigenvalue weighted by Crippen LogP contribution is 2.23. The molecule has 0 aliphatic rings. The Labute approximate surface area is 151 Å². The first-order chi connectivity index (χ1) is 11.6. The van der Waals surface area contributed by atoms with E-state index >= 15 is 0 Å². The van der Waals surface area contributed by atoms with Gasteiger partial charge in [-0.1, -0.05) is 11.6 Å². The Hall–Kier alpha value is -2.26. The molecule has 1 aromatic carbocycles. The Morgan fingerprint density at radius 3 is 2.20 bits per heavy atom. The second-order valence-corrected chi connectivity index (χ2v) is 6.31. The minimum atomic E-state index is -0.942. The van der Waals surface area contributed by atoms with Gasteiger partial charge in [-0.25, -0.2) is 23.3 Å². The monoisotopic (exact) mass is 387 g/mol. The number of hydrogen-bond acceptors (Lipinski definition) is 5. The summed E-state index contributed by atoms with van der Waals surface area (Å²) in [5.41, 5.74) is -2.28. The van der Waals surface area contributed by atoms with Gasteiger partial charge in [-0.3, -0.25) is 9.13 Å². The fourth-order valence-electron chi connectivity index (χ4n) is 2.12. The largest absolute Gasteiger partial charge is 0.459 e. The molecule has 1 heterocycles. The summed E-state index contributed by atoms with van der Waals surface area (Å²) >= 11 is 10.9. The van der Waals surface area contributed by atoms with Crippen molar-refractivity contribution in [2.75, 3.05) is 0 Å². The Morgan fingerprint density at radius 1 is 1.20 bits per heavy atom. The van der Waals surface area contributed by atoms with E-state index < -0.39 is 35.0 Å². The molecule has 0 fully saturated rings. The molecule has 0 unspecified atom stereocenters. The van der Waals surface area contributed by atoms with Crippen molar-refractivity contribution in [3.8, 4) is 5.69 Å². The summed E-state index contributed by atoms with van der Waals surface area (Å²) in [5.74, 6) is -1.74. The van der Waals surface area contributed by atoms with Crippen molar-refractivity contribution in [1.82, 2.24) is 13.7 Å². The van der Waals surface area contributed by atoms with Gasteiger partial charge >= 0.3 is 17.3 Å². The number of ether oxygens (including phenoxy) is 1. The van der Waals surface area contributed by atoms with Crippen LogP contribution >= 0.6 is 23.8 Å². The molecule has 0 spiro atoms. The molecule has 0 radical (unpaired) electrons. The number of carbonyl (C=O) groups excluding carboxylic acids is 1. The molecule has 0 N–H and O–H groups in total. The fraction of sp³-hybridized carbons (Fsp3) is 0.333. The van der Waals surface area contributed by atoms with Gasteiger partial charge in [0.15, 0.2) is 4.77 Å². The lowest BCUT2D eigenvalue weighted by molar-refractivity contribution is 0.0378. The van der Waals surface area contributed by atoms with Crippen molar-refractivity contribution in [3.63, 3.8) is 0 Å². The van der Waals surface area contributed by atoms with Crippen LogP contribution in [0.2, 0.25) is 5.02 Å². The van der Waals surface area contributed by atoms with Gasteiger partial charge < -0.3 is 4.74 Å². The van der Waals surface area contributed by atoms with Gasteiger partial charge in [0.1, 0.15) is 5.82 Å². The summed E-state index contributed by atoms with van der Waals surface area (Å²) in [6.45, 7) is 3.28. The van der Waals surface area contributed by atoms with Crippen LogP contribution < -0.4 is 11.4 Å². The van der Waals surface area contributed by atoms with Gasteiger partial charge in [0, 0.05) is 14.1 Å². The minimum absolute atomic E-state index is 0.0277. The first kappa shape index (κ1) is 19.1. The summed E-state index contributed by atoms with van der Waals surface area (Å²) in [6, 6.07) is 1.86. The third-order valence-corrected chi connectivity index (χ3v) is 4.23. The standard InChI is InChI=1S/C15H15ClFN3O4S/c1-7(2)24-12(21)8-5-11(10(17)6-9(8)16)20-13(22)18(3)15(25)19(4)14(20)23/h5-7H,1-4H3. The molecule has 0 bridgehead atoms. The van der Waals surface area contributed by atoms with Crippen molar-refractivity contribution < 1.29 is 13.9 Å². The number of carbonyl (C=O) groups is 1. The van der Waals surface area contributed by atoms with Crippen molar-refractivity contribution in [2.24, 2.45) is 14.1 Å². The number of rotatable bonds is 3. The van der Waals surface area contributed by atoms with Crippen molar-refractivity contribution in [3.05, 3.63) is 54.3 Å². The first-order valence-corrected chi connectivity index (χ1v) is 7.94. The topological polar surface area (TPSA) is 75.2 Å². The highest BCUT2D eigenvalue weighted by Gasteiger charge is 2.21. The molecule has 0 aliphatic heterocycles. The second-order valence-electron chi connectivity index (χ2n) is 5.54. The van der Waals surface area contributed by atoms with Crippen LogP contribution in [0.1, 0.15) is 24.2 Å². The fourth-order valence-corrected chi connectivity index (χ4v) is 2.50.